The van der Waals surface area contributed by atoms with Crippen LogP contribution in [0.2, 0.25) is 0 Å². The highest BCUT2D eigenvalue weighted by Gasteiger charge is 2.32. The summed E-state index contributed by atoms with van der Waals surface area (Å²) in [5, 5.41) is 11.4. The monoisotopic (exact) mass is 411 g/mol. The fourth-order valence-corrected chi connectivity index (χ4v) is 3.78. The van der Waals surface area contributed by atoms with E-state index in [1.54, 1.807) is 49.5 Å². The lowest BCUT2D eigenvalue weighted by atomic mass is 10.1. The van der Waals surface area contributed by atoms with Gasteiger partial charge < -0.3 is 19.4 Å². The van der Waals surface area contributed by atoms with Crippen molar-refractivity contribution in [2.75, 3.05) is 20.8 Å². The molecule has 0 atom stereocenters. The van der Waals surface area contributed by atoms with Crippen LogP contribution < -0.4 is 14.6 Å². The number of carbonyl (C=O) groups is 2. The summed E-state index contributed by atoms with van der Waals surface area (Å²) in [4.78, 5) is 30.3. The van der Waals surface area contributed by atoms with Gasteiger partial charge in [0.1, 0.15) is 11.5 Å². The van der Waals surface area contributed by atoms with Gasteiger partial charge in [-0.2, -0.15) is 0 Å². The Morgan fingerprint density at radius 1 is 1.17 bits per heavy atom. The largest absolute Gasteiger partial charge is 0.545 e. The molecule has 0 N–H and O–H groups in total. The summed E-state index contributed by atoms with van der Waals surface area (Å²) in [5.41, 5.74) is 1.37. The van der Waals surface area contributed by atoms with Crippen LogP contribution in [0.25, 0.3) is 6.08 Å². The van der Waals surface area contributed by atoms with Gasteiger partial charge in [0.2, 0.25) is 0 Å². The van der Waals surface area contributed by atoms with E-state index in [9.17, 15) is 14.7 Å². The fraction of sp³-hybridized carbons (Fsp3) is 0.190. The smallest absolute Gasteiger partial charge is 0.266 e. The van der Waals surface area contributed by atoms with Crippen LogP contribution >= 0.6 is 11.8 Å². The quantitative estimate of drug-likeness (QED) is 0.679. The van der Waals surface area contributed by atoms with Crippen molar-refractivity contribution in [2.45, 2.75) is 6.92 Å². The second kappa shape index (κ2) is 8.83. The van der Waals surface area contributed by atoms with E-state index in [1.807, 2.05) is 13.0 Å². The van der Waals surface area contributed by atoms with Crippen LogP contribution in [0.5, 0.6) is 11.5 Å². The van der Waals surface area contributed by atoms with Crippen LogP contribution in [-0.4, -0.2) is 42.7 Å². The minimum Gasteiger partial charge on any atom is -0.545 e. The zero-order valence-corrected chi connectivity index (χ0v) is 17.0. The number of hydrogen-bond donors (Lipinski definition) is 0. The van der Waals surface area contributed by atoms with Gasteiger partial charge in [-0.05, 0) is 54.6 Å². The molecule has 29 heavy (non-hydrogen) atoms. The van der Waals surface area contributed by atoms with Gasteiger partial charge in [-0.15, -0.1) is 0 Å². The Balaban J connectivity index is 1.92. The summed E-state index contributed by atoms with van der Waals surface area (Å²) >= 11 is 1.25. The lowest BCUT2D eigenvalue weighted by Crippen LogP contribution is -2.28. The molecule has 0 radical (unpaired) electrons. The normalized spacial score (nSPS) is 16.5. The van der Waals surface area contributed by atoms with Crippen molar-refractivity contribution in [3.63, 3.8) is 0 Å². The highest BCUT2D eigenvalue weighted by Crippen LogP contribution is 2.36. The second-order valence-corrected chi connectivity index (χ2v) is 7.01. The van der Waals surface area contributed by atoms with Crippen molar-refractivity contribution >= 4 is 40.6 Å². The molecular formula is C21H19N2O5S-. The average Bonchev–Trinajstić information content (AvgIpc) is 3.02. The molecule has 0 spiro atoms. The molecule has 1 amide bonds. The number of carboxylic acids is 1. The van der Waals surface area contributed by atoms with Gasteiger partial charge in [-0.3, -0.25) is 9.69 Å². The molecule has 0 saturated carbocycles. The van der Waals surface area contributed by atoms with Gasteiger partial charge in [0.05, 0.1) is 30.8 Å². The molecule has 3 rings (SSSR count). The Morgan fingerprint density at radius 3 is 2.48 bits per heavy atom. The molecule has 7 nitrogen and oxygen atoms in total. The number of rotatable bonds is 6. The lowest BCUT2D eigenvalue weighted by Gasteiger charge is -2.12. The number of methoxy groups -OCH3 is 2. The van der Waals surface area contributed by atoms with E-state index >= 15 is 0 Å². The highest BCUT2D eigenvalue weighted by molar-refractivity contribution is 8.18. The molecule has 1 aliphatic rings. The first-order valence-corrected chi connectivity index (χ1v) is 9.62. The third-order valence-electron chi connectivity index (χ3n) is 4.26. The van der Waals surface area contributed by atoms with Crippen LogP contribution in [0.15, 0.2) is 52.4 Å². The summed E-state index contributed by atoms with van der Waals surface area (Å²) < 4.78 is 10.6. The summed E-state index contributed by atoms with van der Waals surface area (Å²) in [6, 6.07) is 11.4. The summed E-state index contributed by atoms with van der Waals surface area (Å²) in [7, 11) is 3.13. The number of ether oxygens (including phenoxy) is 2. The number of amides is 1. The summed E-state index contributed by atoms with van der Waals surface area (Å²) in [5.74, 6) is -0.146. The first-order valence-electron chi connectivity index (χ1n) is 8.80. The molecule has 2 aromatic rings. The number of aliphatic imine (C=N–C) groups is 1. The predicted molar refractivity (Wildman–Crippen MR) is 110 cm³/mol. The van der Waals surface area contributed by atoms with Crippen molar-refractivity contribution in [3.05, 3.63) is 58.5 Å². The van der Waals surface area contributed by atoms with Gasteiger partial charge in [-0.1, -0.05) is 12.1 Å². The Morgan fingerprint density at radius 2 is 1.90 bits per heavy atom. The van der Waals surface area contributed by atoms with Crippen molar-refractivity contribution in [1.82, 2.24) is 4.90 Å². The minimum absolute atomic E-state index is 0.0728. The first-order chi connectivity index (χ1) is 14.0. The molecule has 2 aromatic carbocycles. The van der Waals surface area contributed by atoms with E-state index in [4.69, 9.17) is 9.47 Å². The van der Waals surface area contributed by atoms with Gasteiger partial charge >= 0.3 is 0 Å². The predicted octanol–water partition coefficient (Wildman–Crippen LogP) is 2.69. The van der Waals surface area contributed by atoms with Crippen LogP contribution in [0.3, 0.4) is 0 Å². The standard InChI is InChI=1S/C21H20N2O5S/c1-4-23-19(24)18(11-14-7-10-16(27-2)12-17(14)28-3)29-21(23)22-15-8-5-13(6-9-15)20(25)26/h5-12H,4H2,1-3H3,(H,25,26)/p-1/b18-11+,22-21?. The number of hydrogen-bond acceptors (Lipinski definition) is 7. The van der Waals surface area contributed by atoms with E-state index in [0.29, 0.717) is 33.8 Å². The number of amidine groups is 1. The van der Waals surface area contributed by atoms with Crippen LogP contribution in [0.1, 0.15) is 22.8 Å². The zero-order valence-electron chi connectivity index (χ0n) is 16.2. The number of thioether (sulfide) groups is 1. The van der Waals surface area contributed by atoms with Gasteiger partial charge in [0, 0.05) is 18.2 Å². The third kappa shape index (κ3) is 4.43. The second-order valence-electron chi connectivity index (χ2n) is 6.00. The molecule has 0 bridgehead atoms. The molecule has 0 aliphatic carbocycles. The van der Waals surface area contributed by atoms with Gasteiger partial charge in [-0.25, -0.2) is 4.99 Å². The number of carboxylic acid groups (broad SMARTS) is 1. The van der Waals surface area contributed by atoms with Crippen LogP contribution in [0, 0.1) is 0 Å². The first kappa shape index (κ1) is 20.5. The number of benzene rings is 2. The third-order valence-corrected chi connectivity index (χ3v) is 5.27. The highest BCUT2D eigenvalue weighted by atomic mass is 32.2. The minimum atomic E-state index is -1.25. The summed E-state index contributed by atoms with van der Waals surface area (Å²) in [6.45, 7) is 2.32. The molecular weight excluding hydrogens is 392 g/mol. The Hall–Kier alpha value is -3.26. The Kier molecular flexibility index (Phi) is 6.23. The number of nitrogens with zero attached hydrogens (tertiary/aromatic N) is 2. The molecule has 8 heteroatoms. The lowest BCUT2D eigenvalue weighted by molar-refractivity contribution is -0.255. The van der Waals surface area contributed by atoms with Gasteiger partial charge in [0.15, 0.2) is 5.17 Å². The van der Waals surface area contributed by atoms with E-state index in [2.05, 4.69) is 4.99 Å². The Labute approximate surface area is 172 Å². The maximum absolute atomic E-state index is 12.8. The zero-order chi connectivity index (χ0) is 21.0. The molecule has 150 valence electrons. The molecule has 0 unspecified atom stereocenters. The van der Waals surface area contributed by atoms with Crippen molar-refractivity contribution < 1.29 is 24.2 Å². The maximum atomic E-state index is 12.8. The molecule has 1 aliphatic heterocycles. The van der Waals surface area contributed by atoms with E-state index in [0.717, 1.165) is 5.56 Å². The Bertz CT molecular complexity index is 999. The van der Waals surface area contributed by atoms with Crippen LogP contribution in [0.4, 0.5) is 5.69 Å². The van der Waals surface area contributed by atoms with E-state index in [-0.39, 0.29) is 11.5 Å². The fourth-order valence-electron chi connectivity index (χ4n) is 2.73. The average molecular weight is 411 g/mol. The molecule has 1 saturated heterocycles. The van der Waals surface area contributed by atoms with E-state index in [1.165, 1.54) is 23.9 Å². The number of aromatic carboxylic acids is 1. The molecule has 1 heterocycles. The van der Waals surface area contributed by atoms with Crippen molar-refractivity contribution in [2.24, 2.45) is 4.99 Å². The topological polar surface area (TPSA) is 91.3 Å². The van der Waals surface area contributed by atoms with Crippen LogP contribution in [-0.2, 0) is 4.79 Å². The summed E-state index contributed by atoms with van der Waals surface area (Å²) in [6.07, 6.45) is 1.76. The number of likely N-dealkylation sites (N-methyl/N-ethyl adjacent to an activating group) is 1. The maximum Gasteiger partial charge on any atom is 0.266 e. The molecule has 0 aromatic heterocycles. The number of carbonyl (C=O) groups excluding carboxylic acids is 2. The SMILES string of the molecule is CCN1C(=O)/C(=C\c2ccc(OC)cc2OC)SC1=Nc1ccc(C(=O)[O-])cc1. The van der Waals surface area contributed by atoms with E-state index < -0.39 is 5.97 Å². The van der Waals surface area contributed by atoms with Crippen molar-refractivity contribution in [3.8, 4) is 11.5 Å². The molecule has 1 fully saturated rings. The van der Waals surface area contributed by atoms with Crippen molar-refractivity contribution in [1.29, 1.82) is 0 Å². The van der Waals surface area contributed by atoms with Gasteiger partial charge in [0.25, 0.3) is 5.91 Å².